The van der Waals surface area contributed by atoms with Crippen LogP contribution in [-0.2, 0) is 0 Å². The van der Waals surface area contributed by atoms with Crippen LogP contribution in [0, 0.1) is 12.4 Å². The molecule has 0 saturated heterocycles. The van der Waals surface area contributed by atoms with Crippen molar-refractivity contribution >= 4 is 0 Å². The molecule has 0 saturated carbocycles. The largest absolute Gasteiger partial charge is 0.493 e. The average molecular weight is 169 g/mol. The van der Waals surface area contributed by atoms with Crippen molar-refractivity contribution in [3.05, 3.63) is 36.2 Å². The number of hydrogen-bond acceptors (Lipinski definition) is 2. The van der Waals surface area contributed by atoms with Crippen molar-refractivity contribution in [3.63, 3.8) is 0 Å². The van der Waals surface area contributed by atoms with Crippen LogP contribution in [0.1, 0.15) is 12.5 Å². The number of benzene rings is 1. The third-order valence-electron chi connectivity index (χ3n) is 1.41. The fourth-order valence-corrected chi connectivity index (χ4v) is 0.907. The van der Waals surface area contributed by atoms with Crippen LogP contribution in [-0.4, -0.2) is 11.7 Å². The summed E-state index contributed by atoms with van der Waals surface area (Å²) in [5.74, 6) is 0.0974. The second-order valence-electron chi connectivity index (χ2n) is 2.24. The summed E-state index contributed by atoms with van der Waals surface area (Å²) in [4.78, 5) is 0. The van der Waals surface area contributed by atoms with E-state index in [0.717, 1.165) is 6.61 Å². The lowest BCUT2D eigenvalue weighted by atomic mass is 10.2. The highest BCUT2D eigenvalue weighted by Crippen LogP contribution is 2.20. The molecule has 1 aromatic carbocycles. The highest BCUT2D eigenvalue weighted by atomic mass is 19.1. The van der Waals surface area contributed by atoms with Crippen LogP contribution in [0.2, 0.25) is 0 Å². The minimum absolute atomic E-state index is 0.358. The van der Waals surface area contributed by atoms with Crippen molar-refractivity contribution < 1.29 is 14.2 Å². The third kappa shape index (κ3) is 1.95. The highest BCUT2D eigenvalue weighted by molar-refractivity contribution is 5.37. The fourth-order valence-electron chi connectivity index (χ4n) is 0.907. The van der Waals surface area contributed by atoms with Gasteiger partial charge in [-0.05, 0) is 25.1 Å². The first-order chi connectivity index (χ1) is 5.77. The van der Waals surface area contributed by atoms with E-state index >= 15 is 0 Å². The van der Waals surface area contributed by atoms with Gasteiger partial charge in [-0.3, -0.25) is 0 Å². The van der Waals surface area contributed by atoms with Crippen molar-refractivity contribution in [2.45, 2.75) is 6.92 Å². The normalized spacial score (nSPS) is 9.92. The lowest BCUT2D eigenvalue weighted by Gasteiger charge is -2.06. The Morgan fingerprint density at radius 3 is 2.92 bits per heavy atom. The minimum Gasteiger partial charge on any atom is -0.493 e. The van der Waals surface area contributed by atoms with Crippen LogP contribution in [0.4, 0.5) is 4.39 Å². The van der Waals surface area contributed by atoms with E-state index in [9.17, 15) is 4.39 Å². The van der Waals surface area contributed by atoms with E-state index < -0.39 is 5.82 Å². The summed E-state index contributed by atoms with van der Waals surface area (Å²) in [6, 6.07) is 3.99. The summed E-state index contributed by atoms with van der Waals surface area (Å²) in [5.41, 5.74) is 0.358. The Balaban J connectivity index is 2.94. The van der Waals surface area contributed by atoms with Crippen molar-refractivity contribution in [1.29, 1.82) is 0 Å². The summed E-state index contributed by atoms with van der Waals surface area (Å²) in [6.45, 7) is 3.14. The van der Waals surface area contributed by atoms with Gasteiger partial charge in [0, 0.05) is 5.56 Å². The summed E-state index contributed by atoms with van der Waals surface area (Å²) < 4.78 is 17.7. The Kier molecular flexibility index (Phi) is 3.05. The number of rotatable bonds is 3. The van der Waals surface area contributed by atoms with E-state index in [1.54, 1.807) is 0 Å². The summed E-state index contributed by atoms with van der Waals surface area (Å²) in [5, 5.41) is 8.70. The Morgan fingerprint density at radius 1 is 1.58 bits per heavy atom. The second kappa shape index (κ2) is 4.07. The maximum atomic E-state index is 12.6. The second-order valence-corrected chi connectivity index (χ2v) is 2.24. The maximum Gasteiger partial charge on any atom is 0.125 e. The topological polar surface area (TPSA) is 29.5 Å². The van der Waals surface area contributed by atoms with E-state index in [-0.39, 0.29) is 0 Å². The zero-order valence-corrected chi connectivity index (χ0v) is 6.75. The first kappa shape index (κ1) is 9.00. The molecule has 0 aliphatic rings. The van der Waals surface area contributed by atoms with E-state index in [4.69, 9.17) is 9.84 Å². The van der Waals surface area contributed by atoms with Gasteiger partial charge in [0.15, 0.2) is 0 Å². The summed E-state index contributed by atoms with van der Waals surface area (Å²) >= 11 is 0. The Morgan fingerprint density at radius 2 is 2.33 bits per heavy atom. The van der Waals surface area contributed by atoms with Gasteiger partial charge in [-0.1, -0.05) is 0 Å². The molecular formula is C9H10FO2. The molecule has 65 valence electrons. The molecule has 0 heterocycles. The van der Waals surface area contributed by atoms with Gasteiger partial charge in [0.2, 0.25) is 0 Å². The molecular weight excluding hydrogens is 159 g/mol. The molecule has 1 N–H and O–H groups in total. The van der Waals surface area contributed by atoms with Crippen molar-refractivity contribution in [3.8, 4) is 5.75 Å². The zero-order valence-electron chi connectivity index (χ0n) is 6.75. The van der Waals surface area contributed by atoms with E-state index in [1.165, 1.54) is 18.2 Å². The minimum atomic E-state index is -0.390. The van der Waals surface area contributed by atoms with Gasteiger partial charge < -0.3 is 9.84 Å². The van der Waals surface area contributed by atoms with E-state index in [1.807, 2.05) is 6.92 Å². The molecule has 1 radical (unpaired) electrons. The van der Waals surface area contributed by atoms with Gasteiger partial charge in [0.25, 0.3) is 0 Å². The fraction of sp³-hybridized carbons (Fsp3) is 0.222. The van der Waals surface area contributed by atoms with Gasteiger partial charge >= 0.3 is 0 Å². The maximum absolute atomic E-state index is 12.6. The Bertz CT molecular complexity index is 261. The molecule has 0 aromatic heterocycles. The predicted molar refractivity (Wildman–Crippen MR) is 42.9 cm³/mol. The number of ether oxygens (including phenoxy) is 1. The van der Waals surface area contributed by atoms with Gasteiger partial charge in [-0.15, -0.1) is 0 Å². The Labute approximate surface area is 70.6 Å². The monoisotopic (exact) mass is 169 g/mol. The molecule has 12 heavy (non-hydrogen) atoms. The molecule has 0 atom stereocenters. The van der Waals surface area contributed by atoms with Crippen LogP contribution in [0.5, 0.6) is 5.75 Å². The molecule has 3 heteroatoms. The van der Waals surface area contributed by atoms with Crippen LogP contribution < -0.4 is 4.74 Å². The lowest BCUT2D eigenvalue weighted by Crippen LogP contribution is -1.96. The SMILES string of the molecule is CCOc1ccc(F)cc1[CH]O. The number of hydrogen-bond donors (Lipinski definition) is 1. The smallest absolute Gasteiger partial charge is 0.125 e. The van der Waals surface area contributed by atoms with Gasteiger partial charge in [-0.25, -0.2) is 4.39 Å². The molecule has 1 aromatic rings. The molecule has 2 nitrogen and oxygen atoms in total. The first-order valence-corrected chi connectivity index (χ1v) is 3.67. The van der Waals surface area contributed by atoms with E-state index in [2.05, 4.69) is 0 Å². The molecule has 1 rings (SSSR count). The zero-order chi connectivity index (χ0) is 8.97. The third-order valence-corrected chi connectivity index (χ3v) is 1.41. The predicted octanol–water partition coefficient (Wildman–Crippen LogP) is 2.11. The molecule has 0 aliphatic carbocycles. The number of aliphatic hydroxyl groups excluding tert-OH is 1. The van der Waals surface area contributed by atoms with Crippen LogP contribution in [0.3, 0.4) is 0 Å². The molecule has 0 aliphatic heterocycles. The van der Waals surface area contributed by atoms with Crippen molar-refractivity contribution in [2.24, 2.45) is 0 Å². The van der Waals surface area contributed by atoms with E-state index in [0.29, 0.717) is 17.9 Å². The number of aliphatic hydroxyl groups is 1. The van der Waals surface area contributed by atoms with Crippen LogP contribution in [0.15, 0.2) is 18.2 Å². The quantitative estimate of drug-likeness (QED) is 0.750. The molecule has 0 amide bonds. The van der Waals surface area contributed by atoms with Crippen LogP contribution in [0.25, 0.3) is 0 Å². The molecule has 0 unspecified atom stereocenters. The Hall–Kier alpha value is -1.09. The summed E-state index contributed by atoms with van der Waals surface area (Å²) in [6.07, 6.45) is 0. The summed E-state index contributed by atoms with van der Waals surface area (Å²) in [7, 11) is 0. The standard InChI is InChI=1S/C9H10FO2/c1-2-12-9-4-3-8(10)5-7(9)6-11/h3-6,11H,2H2,1H3. The number of halogens is 1. The molecule has 0 fully saturated rings. The highest BCUT2D eigenvalue weighted by Gasteiger charge is 2.03. The van der Waals surface area contributed by atoms with Crippen LogP contribution >= 0.6 is 0 Å². The van der Waals surface area contributed by atoms with Crippen molar-refractivity contribution in [2.75, 3.05) is 6.61 Å². The van der Waals surface area contributed by atoms with Gasteiger partial charge in [-0.2, -0.15) is 0 Å². The molecule has 0 bridgehead atoms. The van der Waals surface area contributed by atoms with Crippen molar-refractivity contribution in [1.82, 2.24) is 0 Å². The lowest BCUT2D eigenvalue weighted by molar-refractivity contribution is 0.329. The first-order valence-electron chi connectivity index (χ1n) is 3.67. The molecule has 0 spiro atoms. The average Bonchev–Trinajstić information content (AvgIpc) is 2.08. The van der Waals surface area contributed by atoms with Gasteiger partial charge in [0.05, 0.1) is 6.61 Å². The van der Waals surface area contributed by atoms with Gasteiger partial charge in [0.1, 0.15) is 18.2 Å².